The minimum absolute atomic E-state index is 0.330. The zero-order valence-corrected chi connectivity index (χ0v) is 16.8. The Morgan fingerprint density at radius 3 is 2.36 bits per heavy atom. The lowest BCUT2D eigenvalue weighted by Gasteiger charge is -2.37. The molecule has 1 atom stereocenters. The second kappa shape index (κ2) is 8.15. The Bertz CT molecular complexity index is 763. The molecule has 0 saturated carbocycles. The van der Waals surface area contributed by atoms with Crippen LogP contribution in [0.2, 0.25) is 0 Å². The van der Waals surface area contributed by atoms with Gasteiger partial charge in [-0.05, 0) is 37.1 Å². The summed E-state index contributed by atoms with van der Waals surface area (Å²) >= 11 is 1.55. The normalized spacial score (nSPS) is 17.5. The molecule has 0 saturated heterocycles. The molecule has 0 amide bonds. The number of nitriles is 1. The Balaban J connectivity index is 2.41. The maximum absolute atomic E-state index is 12.2. The van der Waals surface area contributed by atoms with Gasteiger partial charge in [0.25, 0.3) is 0 Å². The number of hydrogen-bond donors (Lipinski definition) is 0. The number of allylic oxidation sites excluding steroid dienone is 1. The summed E-state index contributed by atoms with van der Waals surface area (Å²) in [7, 11) is -3.36. The summed E-state index contributed by atoms with van der Waals surface area (Å²) in [4.78, 5) is 3.11. The molecule has 0 fully saturated rings. The second-order valence-electron chi connectivity index (χ2n) is 6.27. The molecule has 0 spiro atoms. The smallest absolute Gasteiger partial charge is 0.234 e. The number of nitrogens with zero attached hydrogens (tertiary/aromatic N) is 3. The van der Waals surface area contributed by atoms with Crippen molar-refractivity contribution in [3.8, 4) is 6.07 Å². The Morgan fingerprint density at radius 1 is 1.28 bits per heavy atom. The van der Waals surface area contributed by atoms with Gasteiger partial charge in [-0.1, -0.05) is 38.5 Å². The number of rotatable bonds is 7. The molecule has 0 radical (unpaired) electrons. The molecule has 1 unspecified atom stereocenters. The van der Waals surface area contributed by atoms with Crippen LogP contribution in [0.5, 0.6) is 0 Å². The highest BCUT2D eigenvalue weighted by Crippen LogP contribution is 2.39. The second-order valence-corrected chi connectivity index (χ2v) is 9.46. The van der Waals surface area contributed by atoms with Crippen LogP contribution in [0.3, 0.4) is 0 Å². The molecule has 25 heavy (non-hydrogen) atoms. The average Bonchev–Trinajstić information content (AvgIpc) is 2.98. The van der Waals surface area contributed by atoms with Crippen molar-refractivity contribution in [3.05, 3.63) is 40.9 Å². The Hall–Kier alpha value is -1.65. The van der Waals surface area contributed by atoms with Gasteiger partial charge < -0.3 is 4.90 Å². The van der Waals surface area contributed by atoms with E-state index in [1.54, 1.807) is 30.1 Å². The van der Waals surface area contributed by atoms with Gasteiger partial charge in [-0.2, -0.15) is 5.26 Å². The van der Waals surface area contributed by atoms with E-state index in [1.807, 2.05) is 19.1 Å². The van der Waals surface area contributed by atoms with Crippen molar-refractivity contribution in [3.63, 3.8) is 0 Å². The molecule has 1 heterocycles. The van der Waals surface area contributed by atoms with Gasteiger partial charge in [0, 0.05) is 23.3 Å². The van der Waals surface area contributed by atoms with Crippen molar-refractivity contribution in [2.24, 2.45) is 5.92 Å². The predicted molar refractivity (Wildman–Crippen MR) is 104 cm³/mol. The first-order valence-corrected chi connectivity index (χ1v) is 11.1. The number of sulfonamides is 1. The molecule has 0 N–H and O–H groups in total. The lowest BCUT2D eigenvalue weighted by atomic mass is 10.0. The standard InChI is InChI=1S/C18H25N3O2S2/c1-5-15(6-2)13-20(17-9-7-16(11-19)8-10-17)18-21(25(4,22)23)12-14(3)24-18/h7-10,12,15,18H,5-6,13H2,1-4H3. The molecule has 5 nitrogen and oxygen atoms in total. The first kappa shape index (κ1) is 19.7. The number of anilines is 1. The van der Waals surface area contributed by atoms with Gasteiger partial charge >= 0.3 is 0 Å². The van der Waals surface area contributed by atoms with Crippen LogP contribution in [0.4, 0.5) is 5.69 Å². The van der Waals surface area contributed by atoms with E-state index < -0.39 is 10.0 Å². The van der Waals surface area contributed by atoms with Gasteiger partial charge in [0.05, 0.1) is 17.9 Å². The van der Waals surface area contributed by atoms with Crippen LogP contribution in [0.15, 0.2) is 35.4 Å². The minimum atomic E-state index is -3.36. The van der Waals surface area contributed by atoms with Crippen LogP contribution in [-0.4, -0.2) is 31.0 Å². The Labute approximate surface area is 155 Å². The summed E-state index contributed by atoms with van der Waals surface area (Å²) in [6.45, 7) is 7.01. The third kappa shape index (κ3) is 4.71. The van der Waals surface area contributed by atoms with Crippen LogP contribution in [-0.2, 0) is 10.0 Å². The molecule has 1 aromatic carbocycles. The quantitative estimate of drug-likeness (QED) is 0.717. The molecule has 1 aliphatic heterocycles. The highest BCUT2D eigenvalue weighted by molar-refractivity contribution is 8.04. The van der Waals surface area contributed by atoms with E-state index in [4.69, 9.17) is 5.26 Å². The lowest BCUT2D eigenvalue weighted by Crippen LogP contribution is -2.46. The van der Waals surface area contributed by atoms with Gasteiger partial charge in [0.1, 0.15) is 0 Å². The number of hydrogen-bond acceptors (Lipinski definition) is 5. The summed E-state index contributed by atoms with van der Waals surface area (Å²) in [5.74, 6) is 0.471. The number of thioether (sulfide) groups is 1. The Morgan fingerprint density at radius 2 is 1.88 bits per heavy atom. The summed E-state index contributed by atoms with van der Waals surface area (Å²) < 4.78 is 25.9. The van der Waals surface area contributed by atoms with Crippen molar-refractivity contribution in [2.45, 2.75) is 39.1 Å². The van der Waals surface area contributed by atoms with Gasteiger partial charge in [-0.3, -0.25) is 0 Å². The lowest BCUT2D eigenvalue weighted by molar-refractivity contribution is 0.427. The van der Waals surface area contributed by atoms with E-state index in [-0.39, 0.29) is 5.50 Å². The van der Waals surface area contributed by atoms with Crippen molar-refractivity contribution in [1.29, 1.82) is 5.26 Å². The fraction of sp³-hybridized carbons (Fsp3) is 0.500. The summed E-state index contributed by atoms with van der Waals surface area (Å²) in [6.07, 6.45) is 5.01. The van der Waals surface area contributed by atoms with E-state index in [1.165, 1.54) is 10.6 Å². The summed E-state index contributed by atoms with van der Waals surface area (Å²) in [5, 5.41) is 9.02. The maximum atomic E-state index is 12.2. The molecule has 7 heteroatoms. The van der Waals surface area contributed by atoms with Crippen LogP contribution in [0, 0.1) is 17.2 Å². The number of benzene rings is 1. The molecule has 0 aliphatic carbocycles. The van der Waals surface area contributed by atoms with Gasteiger partial charge in [-0.15, -0.1) is 0 Å². The van der Waals surface area contributed by atoms with Gasteiger partial charge in [-0.25, -0.2) is 12.7 Å². The topological polar surface area (TPSA) is 64.4 Å². The molecule has 0 aromatic heterocycles. The van der Waals surface area contributed by atoms with Crippen molar-refractivity contribution >= 4 is 27.5 Å². The van der Waals surface area contributed by atoms with E-state index in [2.05, 4.69) is 24.8 Å². The van der Waals surface area contributed by atoms with E-state index in [0.29, 0.717) is 11.5 Å². The van der Waals surface area contributed by atoms with Gasteiger partial charge in [0.15, 0.2) is 5.50 Å². The molecule has 2 rings (SSSR count). The third-order valence-corrected chi connectivity index (χ3v) is 6.78. The predicted octanol–water partition coefficient (Wildman–Crippen LogP) is 3.95. The first-order valence-electron chi connectivity index (χ1n) is 8.40. The van der Waals surface area contributed by atoms with E-state index in [9.17, 15) is 8.42 Å². The average molecular weight is 380 g/mol. The summed E-state index contributed by atoms with van der Waals surface area (Å²) in [5.41, 5.74) is 1.20. The fourth-order valence-electron chi connectivity index (χ4n) is 2.83. The Kier molecular flexibility index (Phi) is 6.42. The fourth-order valence-corrected chi connectivity index (χ4v) is 5.29. The third-order valence-electron chi connectivity index (χ3n) is 4.41. The first-order chi connectivity index (χ1) is 11.8. The van der Waals surface area contributed by atoms with Crippen molar-refractivity contribution in [2.75, 3.05) is 17.7 Å². The largest absolute Gasteiger partial charge is 0.341 e. The molecule has 0 bridgehead atoms. The highest BCUT2D eigenvalue weighted by Gasteiger charge is 2.35. The zero-order valence-electron chi connectivity index (χ0n) is 15.1. The van der Waals surface area contributed by atoms with Crippen LogP contribution < -0.4 is 4.90 Å². The van der Waals surface area contributed by atoms with Crippen molar-refractivity contribution < 1.29 is 8.42 Å². The molecule has 1 aromatic rings. The maximum Gasteiger partial charge on any atom is 0.234 e. The molecule has 1 aliphatic rings. The van der Waals surface area contributed by atoms with Crippen LogP contribution in [0.25, 0.3) is 0 Å². The van der Waals surface area contributed by atoms with Gasteiger partial charge in [0.2, 0.25) is 10.0 Å². The summed E-state index contributed by atoms with van der Waals surface area (Å²) in [6, 6.07) is 9.48. The molecule has 136 valence electrons. The zero-order chi connectivity index (χ0) is 18.6. The highest BCUT2D eigenvalue weighted by atomic mass is 32.2. The van der Waals surface area contributed by atoms with Crippen LogP contribution >= 0.6 is 11.8 Å². The molecular weight excluding hydrogens is 354 g/mol. The molecular formula is C18H25N3O2S2. The van der Waals surface area contributed by atoms with Crippen molar-refractivity contribution in [1.82, 2.24) is 4.31 Å². The van der Waals surface area contributed by atoms with Crippen LogP contribution in [0.1, 0.15) is 39.2 Å². The monoisotopic (exact) mass is 379 g/mol. The SMILES string of the molecule is CCC(CC)CN(c1ccc(C#N)cc1)C1SC(C)=CN1S(C)(=O)=O. The minimum Gasteiger partial charge on any atom is -0.341 e. The van der Waals surface area contributed by atoms with E-state index in [0.717, 1.165) is 30.0 Å². The van der Waals surface area contributed by atoms with E-state index >= 15 is 0 Å².